The largest absolute Gasteiger partial charge is 0.392 e. The van der Waals surface area contributed by atoms with Crippen molar-refractivity contribution in [3.05, 3.63) is 11.6 Å². The zero-order valence-electron chi connectivity index (χ0n) is 12.6. The first kappa shape index (κ1) is 15.0. The van der Waals surface area contributed by atoms with E-state index >= 15 is 0 Å². The maximum Gasteiger partial charge on any atom is 0.0809 e. The van der Waals surface area contributed by atoms with Gasteiger partial charge in [-0.25, -0.2) is 0 Å². The third-order valence-corrected chi connectivity index (χ3v) is 5.49. The van der Waals surface area contributed by atoms with Gasteiger partial charge >= 0.3 is 0 Å². The van der Waals surface area contributed by atoms with Gasteiger partial charge in [-0.2, -0.15) is 0 Å². The molecule has 5 unspecified atom stereocenters. The molecule has 0 aliphatic heterocycles. The molecule has 0 amide bonds. The Kier molecular flexibility index (Phi) is 4.38. The summed E-state index contributed by atoms with van der Waals surface area (Å²) >= 11 is 0. The molecule has 0 heterocycles. The van der Waals surface area contributed by atoms with Gasteiger partial charge in [-0.3, -0.25) is 0 Å². The van der Waals surface area contributed by atoms with Crippen LogP contribution in [0.15, 0.2) is 11.6 Å². The molecule has 1 saturated carbocycles. The van der Waals surface area contributed by atoms with Gasteiger partial charge in [0.05, 0.1) is 18.8 Å². The Labute approximate surface area is 116 Å². The highest BCUT2D eigenvalue weighted by molar-refractivity contribution is 5.19. The van der Waals surface area contributed by atoms with Crippen LogP contribution in [0.4, 0.5) is 0 Å². The summed E-state index contributed by atoms with van der Waals surface area (Å²) in [4.78, 5) is 0. The van der Waals surface area contributed by atoms with Crippen molar-refractivity contribution >= 4 is 0 Å². The van der Waals surface area contributed by atoms with E-state index in [1.807, 2.05) is 6.08 Å². The van der Waals surface area contributed by atoms with Crippen LogP contribution >= 0.6 is 0 Å². The maximum absolute atomic E-state index is 10.8. The van der Waals surface area contributed by atoms with Gasteiger partial charge < -0.3 is 14.9 Å². The van der Waals surface area contributed by atoms with E-state index in [2.05, 4.69) is 20.8 Å². The van der Waals surface area contributed by atoms with Crippen molar-refractivity contribution in [3.8, 4) is 0 Å². The number of ether oxygens (including phenoxy) is 1. The molecule has 0 aromatic rings. The van der Waals surface area contributed by atoms with Crippen LogP contribution in [-0.4, -0.2) is 36.1 Å². The number of rotatable bonds is 3. The van der Waals surface area contributed by atoms with Crippen molar-refractivity contribution < 1.29 is 14.9 Å². The van der Waals surface area contributed by atoms with Gasteiger partial charge in [0, 0.05) is 7.11 Å². The summed E-state index contributed by atoms with van der Waals surface area (Å²) < 4.78 is 5.21. The van der Waals surface area contributed by atoms with Crippen molar-refractivity contribution in [1.82, 2.24) is 0 Å². The lowest BCUT2D eigenvalue weighted by atomic mass is 9.68. The van der Waals surface area contributed by atoms with Gasteiger partial charge in [-0.15, -0.1) is 0 Å². The average Bonchev–Trinajstić information content (AvgIpc) is 2.68. The van der Waals surface area contributed by atoms with E-state index in [1.165, 1.54) is 0 Å². The minimum absolute atomic E-state index is 0.145. The Balaban J connectivity index is 2.35. The summed E-state index contributed by atoms with van der Waals surface area (Å²) in [5.74, 6) is 1.16. The summed E-state index contributed by atoms with van der Waals surface area (Å²) in [6, 6.07) is 0. The molecule has 0 bridgehead atoms. The molecule has 2 aliphatic rings. The van der Waals surface area contributed by atoms with E-state index in [1.54, 1.807) is 7.11 Å². The minimum atomic E-state index is -0.475. The Morgan fingerprint density at radius 1 is 1.42 bits per heavy atom. The first-order valence-corrected chi connectivity index (χ1v) is 7.45. The van der Waals surface area contributed by atoms with Gasteiger partial charge in [-0.1, -0.05) is 26.8 Å². The molecule has 0 spiro atoms. The van der Waals surface area contributed by atoms with Crippen molar-refractivity contribution in [2.75, 3.05) is 13.7 Å². The lowest BCUT2D eigenvalue weighted by molar-refractivity contribution is -0.0414. The predicted octanol–water partition coefficient (Wildman–Crippen LogP) is 2.37. The fraction of sp³-hybridized carbons (Fsp3) is 0.875. The Hall–Kier alpha value is -0.380. The molecule has 2 rings (SSSR count). The van der Waals surface area contributed by atoms with Crippen LogP contribution in [0.5, 0.6) is 0 Å². The molecule has 3 heteroatoms. The van der Waals surface area contributed by atoms with Crippen molar-refractivity contribution in [1.29, 1.82) is 0 Å². The van der Waals surface area contributed by atoms with Crippen LogP contribution < -0.4 is 0 Å². The molecule has 5 atom stereocenters. The quantitative estimate of drug-likeness (QED) is 0.773. The second kappa shape index (κ2) is 5.55. The molecular formula is C16H28O3. The van der Waals surface area contributed by atoms with Crippen LogP contribution in [0.25, 0.3) is 0 Å². The standard InChI is InChI=1S/C16H28O3/c1-10(2)12-7-8-16(3)13(17)6-5-11(9-19-4)15(18)14(12)16/h5,10,12-15,17-18H,6-9H2,1-4H3. The van der Waals surface area contributed by atoms with Crippen molar-refractivity contribution in [3.63, 3.8) is 0 Å². The van der Waals surface area contributed by atoms with Crippen molar-refractivity contribution in [2.45, 2.75) is 52.2 Å². The number of methoxy groups -OCH3 is 1. The maximum atomic E-state index is 10.8. The van der Waals surface area contributed by atoms with Crippen LogP contribution in [-0.2, 0) is 4.74 Å². The van der Waals surface area contributed by atoms with Gasteiger partial charge in [0.15, 0.2) is 0 Å². The molecule has 19 heavy (non-hydrogen) atoms. The molecule has 0 aromatic heterocycles. The Morgan fingerprint density at radius 3 is 2.68 bits per heavy atom. The number of hydrogen-bond donors (Lipinski definition) is 2. The zero-order valence-corrected chi connectivity index (χ0v) is 12.6. The summed E-state index contributed by atoms with van der Waals surface area (Å²) in [6.45, 7) is 7.06. The van der Waals surface area contributed by atoms with E-state index in [0.29, 0.717) is 24.9 Å². The van der Waals surface area contributed by atoms with E-state index in [-0.39, 0.29) is 17.4 Å². The molecular weight excluding hydrogens is 240 g/mol. The summed E-state index contributed by atoms with van der Waals surface area (Å²) in [5.41, 5.74) is 0.781. The molecule has 2 N–H and O–H groups in total. The number of fused-ring (bicyclic) bond motifs is 1. The van der Waals surface area contributed by atoms with Gasteiger partial charge in [-0.05, 0) is 48.0 Å². The van der Waals surface area contributed by atoms with Crippen molar-refractivity contribution in [2.24, 2.45) is 23.2 Å². The zero-order chi connectivity index (χ0) is 14.2. The van der Waals surface area contributed by atoms with Gasteiger partial charge in [0.2, 0.25) is 0 Å². The van der Waals surface area contributed by atoms with Crippen LogP contribution in [0.3, 0.4) is 0 Å². The third-order valence-electron chi connectivity index (χ3n) is 5.49. The molecule has 0 aromatic carbocycles. The molecule has 0 radical (unpaired) electrons. The topological polar surface area (TPSA) is 49.7 Å². The normalized spacial score (nSPS) is 43.0. The van der Waals surface area contributed by atoms with Crippen LogP contribution in [0.2, 0.25) is 0 Å². The van der Waals surface area contributed by atoms with Gasteiger partial charge in [0.25, 0.3) is 0 Å². The van der Waals surface area contributed by atoms with E-state index in [4.69, 9.17) is 4.74 Å². The Bertz CT molecular complexity index is 350. The monoisotopic (exact) mass is 268 g/mol. The number of hydrogen-bond acceptors (Lipinski definition) is 3. The fourth-order valence-electron chi connectivity index (χ4n) is 4.24. The third kappa shape index (κ3) is 2.48. The highest BCUT2D eigenvalue weighted by atomic mass is 16.5. The number of aliphatic hydroxyl groups is 2. The summed E-state index contributed by atoms with van der Waals surface area (Å²) in [5, 5.41) is 21.3. The van der Waals surface area contributed by atoms with E-state index < -0.39 is 6.10 Å². The molecule has 1 fully saturated rings. The van der Waals surface area contributed by atoms with Crippen LogP contribution in [0.1, 0.15) is 40.0 Å². The summed E-state index contributed by atoms with van der Waals surface area (Å²) in [6.07, 6.45) is 3.90. The first-order valence-electron chi connectivity index (χ1n) is 7.45. The molecule has 0 saturated heterocycles. The van der Waals surface area contributed by atoms with E-state index in [0.717, 1.165) is 18.4 Å². The highest BCUT2D eigenvalue weighted by Gasteiger charge is 2.54. The lowest BCUT2D eigenvalue weighted by Gasteiger charge is -2.40. The number of aliphatic hydroxyl groups excluding tert-OH is 2. The minimum Gasteiger partial charge on any atom is -0.392 e. The van der Waals surface area contributed by atoms with E-state index in [9.17, 15) is 10.2 Å². The SMILES string of the molecule is COCC1=CCC(O)C2(C)CCC(C(C)C)C2C1O. The second-order valence-electron chi connectivity index (χ2n) is 6.89. The molecule has 2 aliphatic carbocycles. The second-order valence-corrected chi connectivity index (χ2v) is 6.89. The highest BCUT2D eigenvalue weighted by Crippen LogP contribution is 2.55. The van der Waals surface area contributed by atoms with Crippen LogP contribution in [0, 0.1) is 23.2 Å². The predicted molar refractivity (Wildman–Crippen MR) is 75.7 cm³/mol. The fourth-order valence-corrected chi connectivity index (χ4v) is 4.24. The summed E-state index contributed by atoms with van der Waals surface area (Å²) in [7, 11) is 1.66. The smallest absolute Gasteiger partial charge is 0.0809 e. The average molecular weight is 268 g/mol. The first-order chi connectivity index (χ1) is 8.91. The van der Waals surface area contributed by atoms with Gasteiger partial charge in [0.1, 0.15) is 0 Å². The molecule has 3 nitrogen and oxygen atoms in total. The Morgan fingerprint density at radius 2 is 2.11 bits per heavy atom. The lowest BCUT2D eigenvalue weighted by Crippen LogP contribution is -2.43. The molecule has 110 valence electrons.